The molecule has 2 saturated heterocycles. The number of aromatic nitrogens is 1. The van der Waals surface area contributed by atoms with Crippen LogP contribution in [0.25, 0.3) is 0 Å². The second-order valence-corrected chi connectivity index (χ2v) is 7.30. The molecule has 9 heteroatoms. The molecule has 8 nitrogen and oxygen atoms in total. The van der Waals surface area contributed by atoms with Crippen molar-refractivity contribution in [3.8, 4) is 0 Å². The van der Waals surface area contributed by atoms with Gasteiger partial charge in [-0.3, -0.25) is 14.4 Å². The van der Waals surface area contributed by atoms with Crippen molar-refractivity contribution in [2.24, 2.45) is 0 Å². The number of halogens is 1. The molecule has 2 aliphatic rings. The van der Waals surface area contributed by atoms with E-state index in [1.165, 1.54) is 25.1 Å². The number of ether oxygens (including phenoxy) is 1. The first-order valence-corrected chi connectivity index (χ1v) is 9.68. The van der Waals surface area contributed by atoms with Crippen LogP contribution in [0.1, 0.15) is 29.6 Å². The van der Waals surface area contributed by atoms with Crippen LogP contribution in [0, 0.1) is 0 Å². The number of likely N-dealkylation sites (tertiary alicyclic amines) is 1. The first kappa shape index (κ1) is 19.9. The Morgan fingerprint density at radius 1 is 1.30 bits per heavy atom. The van der Waals surface area contributed by atoms with Gasteiger partial charge in [0.15, 0.2) is 0 Å². The average molecular weight is 397 g/mol. The molecule has 148 valence electrons. The molecular formula is C18H25ClN4O4. The number of pyridine rings is 1. The van der Waals surface area contributed by atoms with Gasteiger partial charge in [0.1, 0.15) is 5.02 Å². The zero-order valence-electron chi connectivity index (χ0n) is 15.2. The van der Waals surface area contributed by atoms with Crippen LogP contribution in [-0.2, 0) is 9.53 Å². The summed E-state index contributed by atoms with van der Waals surface area (Å²) in [5.74, 6) is -0.367. The first-order chi connectivity index (χ1) is 13.0. The molecule has 2 aliphatic heterocycles. The fourth-order valence-electron chi connectivity index (χ4n) is 3.48. The molecule has 2 N–H and O–H groups in total. The number of nitrogens with zero attached hydrogens (tertiary/aromatic N) is 2. The highest BCUT2D eigenvalue weighted by Gasteiger charge is 2.30. The van der Waals surface area contributed by atoms with E-state index in [2.05, 4.69) is 15.2 Å². The van der Waals surface area contributed by atoms with Gasteiger partial charge in [-0.15, -0.1) is 0 Å². The molecular weight excluding hydrogens is 372 g/mol. The SMILES string of the molecule is O=C(CC1COCCN1C(=O)c1c[nH]c(=O)c(Cl)c1)NCCN1CCCC1. The van der Waals surface area contributed by atoms with Gasteiger partial charge >= 0.3 is 0 Å². The van der Waals surface area contributed by atoms with Gasteiger partial charge in [0.2, 0.25) is 5.91 Å². The zero-order chi connectivity index (χ0) is 19.2. The molecule has 27 heavy (non-hydrogen) atoms. The summed E-state index contributed by atoms with van der Waals surface area (Å²) < 4.78 is 5.46. The van der Waals surface area contributed by atoms with Crippen LogP contribution in [0.4, 0.5) is 0 Å². The van der Waals surface area contributed by atoms with Crippen LogP contribution in [0.15, 0.2) is 17.1 Å². The van der Waals surface area contributed by atoms with E-state index in [0.29, 0.717) is 31.9 Å². The molecule has 1 aromatic heterocycles. The summed E-state index contributed by atoms with van der Waals surface area (Å²) in [6, 6.07) is 1.01. The van der Waals surface area contributed by atoms with E-state index in [9.17, 15) is 14.4 Å². The highest BCUT2D eigenvalue weighted by Crippen LogP contribution is 2.16. The molecule has 0 aliphatic carbocycles. The largest absolute Gasteiger partial charge is 0.377 e. The Morgan fingerprint density at radius 2 is 2.07 bits per heavy atom. The van der Waals surface area contributed by atoms with Crippen molar-refractivity contribution in [1.29, 1.82) is 0 Å². The molecule has 0 spiro atoms. The summed E-state index contributed by atoms with van der Waals surface area (Å²) in [5.41, 5.74) is -0.148. The number of hydrogen-bond acceptors (Lipinski definition) is 5. The molecule has 1 aromatic rings. The lowest BCUT2D eigenvalue weighted by Crippen LogP contribution is -2.50. The van der Waals surface area contributed by atoms with E-state index < -0.39 is 5.56 Å². The minimum absolute atomic E-state index is 0.0367. The highest BCUT2D eigenvalue weighted by molar-refractivity contribution is 6.30. The number of amides is 2. The second-order valence-electron chi connectivity index (χ2n) is 6.90. The van der Waals surface area contributed by atoms with E-state index in [0.717, 1.165) is 19.6 Å². The van der Waals surface area contributed by atoms with Crippen molar-refractivity contribution in [3.05, 3.63) is 33.2 Å². The Balaban J connectivity index is 1.55. The summed E-state index contributed by atoms with van der Waals surface area (Å²) >= 11 is 5.82. The number of rotatable bonds is 6. The lowest BCUT2D eigenvalue weighted by Gasteiger charge is -2.35. The number of nitrogens with one attached hydrogen (secondary N) is 2. The van der Waals surface area contributed by atoms with Crippen LogP contribution in [0.2, 0.25) is 5.02 Å². The normalized spacial score (nSPS) is 20.6. The second kappa shape index (κ2) is 9.34. The van der Waals surface area contributed by atoms with Crippen LogP contribution >= 0.6 is 11.6 Å². The van der Waals surface area contributed by atoms with Crippen LogP contribution in [0.3, 0.4) is 0 Å². The topological polar surface area (TPSA) is 94.7 Å². The number of aromatic amines is 1. The van der Waals surface area contributed by atoms with Crippen molar-refractivity contribution < 1.29 is 14.3 Å². The van der Waals surface area contributed by atoms with E-state index in [4.69, 9.17) is 16.3 Å². The van der Waals surface area contributed by atoms with E-state index in [1.807, 2.05) is 0 Å². The number of carbonyl (C=O) groups is 2. The van der Waals surface area contributed by atoms with Gasteiger partial charge in [-0.2, -0.15) is 0 Å². The molecule has 0 bridgehead atoms. The van der Waals surface area contributed by atoms with Gasteiger partial charge in [0.25, 0.3) is 11.5 Å². The van der Waals surface area contributed by atoms with Gasteiger partial charge in [0.05, 0.1) is 24.8 Å². The Labute approximate surface area is 162 Å². The molecule has 0 radical (unpaired) electrons. The van der Waals surface area contributed by atoms with Crippen molar-refractivity contribution >= 4 is 23.4 Å². The van der Waals surface area contributed by atoms with Crippen molar-refractivity contribution in [2.75, 3.05) is 45.9 Å². The molecule has 1 unspecified atom stereocenters. The van der Waals surface area contributed by atoms with Gasteiger partial charge < -0.3 is 24.8 Å². The third-order valence-corrected chi connectivity index (χ3v) is 5.24. The van der Waals surface area contributed by atoms with Gasteiger partial charge in [-0.25, -0.2) is 0 Å². The highest BCUT2D eigenvalue weighted by atomic mass is 35.5. The van der Waals surface area contributed by atoms with Crippen molar-refractivity contribution in [1.82, 2.24) is 20.1 Å². The quantitative estimate of drug-likeness (QED) is 0.729. The fraction of sp³-hybridized carbons (Fsp3) is 0.611. The Bertz CT molecular complexity index is 732. The summed E-state index contributed by atoms with van der Waals surface area (Å²) in [5, 5.41) is 2.89. The lowest BCUT2D eigenvalue weighted by molar-refractivity contribution is -0.123. The summed E-state index contributed by atoms with van der Waals surface area (Å²) in [6.45, 7) is 4.76. The summed E-state index contributed by atoms with van der Waals surface area (Å²) in [6.07, 6.45) is 3.97. The monoisotopic (exact) mass is 396 g/mol. The average Bonchev–Trinajstić information content (AvgIpc) is 3.17. The number of carbonyl (C=O) groups excluding carboxylic acids is 2. The maximum Gasteiger partial charge on any atom is 0.266 e. The minimum Gasteiger partial charge on any atom is -0.377 e. The zero-order valence-corrected chi connectivity index (χ0v) is 16.0. The van der Waals surface area contributed by atoms with Crippen LogP contribution in [-0.4, -0.2) is 78.6 Å². The van der Waals surface area contributed by atoms with Gasteiger partial charge in [-0.05, 0) is 32.0 Å². The minimum atomic E-state index is -0.441. The first-order valence-electron chi connectivity index (χ1n) is 9.30. The van der Waals surface area contributed by atoms with Crippen molar-refractivity contribution in [2.45, 2.75) is 25.3 Å². The Hall–Kier alpha value is -1.90. The van der Waals surface area contributed by atoms with Crippen LogP contribution in [0.5, 0.6) is 0 Å². The molecule has 0 aromatic carbocycles. The third-order valence-electron chi connectivity index (χ3n) is 4.96. The molecule has 2 amide bonds. The van der Waals surface area contributed by atoms with Gasteiger partial charge in [-0.1, -0.05) is 11.6 Å². The standard InChI is InChI=1S/C18H25ClN4O4/c19-15-9-13(11-21-17(15)25)18(26)23-7-8-27-12-14(23)10-16(24)20-3-6-22-4-1-2-5-22/h9,11,14H,1-8,10,12H2,(H,20,24)(H,21,25). The fourth-order valence-corrected chi connectivity index (χ4v) is 3.65. The Kier molecular flexibility index (Phi) is 6.87. The van der Waals surface area contributed by atoms with Crippen molar-refractivity contribution in [3.63, 3.8) is 0 Å². The maximum atomic E-state index is 12.8. The number of H-pyrrole nitrogens is 1. The maximum absolute atomic E-state index is 12.8. The molecule has 2 fully saturated rings. The summed E-state index contributed by atoms with van der Waals surface area (Å²) in [7, 11) is 0. The lowest BCUT2D eigenvalue weighted by atomic mass is 10.1. The number of morpholine rings is 1. The third kappa shape index (κ3) is 5.31. The summed E-state index contributed by atoms with van der Waals surface area (Å²) in [4.78, 5) is 42.9. The molecule has 3 rings (SSSR count). The predicted octanol–water partition coefficient (Wildman–Crippen LogP) is 0.471. The Morgan fingerprint density at radius 3 is 2.81 bits per heavy atom. The molecule has 0 saturated carbocycles. The predicted molar refractivity (Wildman–Crippen MR) is 101 cm³/mol. The van der Waals surface area contributed by atoms with Gasteiger partial charge in [0, 0.05) is 32.3 Å². The molecule has 3 heterocycles. The molecule has 1 atom stereocenters. The van der Waals surface area contributed by atoms with E-state index in [-0.39, 0.29) is 29.3 Å². The van der Waals surface area contributed by atoms with E-state index in [1.54, 1.807) is 4.90 Å². The van der Waals surface area contributed by atoms with E-state index >= 15 is 0 Å². The smallest absolute Gasteiger partial charge is 0.266 e. The van der Waals surface area contributed by atoms with Crippen LogP contribution < -0.4 is 10.9 Å². The number of hydrogen-bond donors (Lipinski definition) is 2.